The van der Waals surface area contributed by atoms with Gasteiger partial charge in [-0.3, -0.25) is 4.55 Å². The Balaban J connectivity index is 1.76. The SMILES string of the molecule is CCC(C)c1ccc(C(=O)OCc2cc(I)cc(I)c2OC(=O)c2ccc(S(=O)(=O)O)cc2)cc1. The fourth-order valence-electron chi connectivity index (χ4n) is 3.16. The van der Waals surface area contributed by atoms with E-state index in [1.165, 1.54) is 12.1 Å². The molecule has 0 saturated heterocycles. The van der Waals surface area contributed by atoms with Gasteiger partial charge in [0.2, 0.25) is 0 Å². The van der Waals surface area contributed by atoms with Gasteiger partial charge in [-0.2, -0.15) is 8.42 Å². The predicted molar refractivity (Wildman–Crippen MR) is 147 cm³/mol. The van der Waals surface area contributed by atoms with Crippen molar-refractivity contribution < 1.29 is 32.0 Å². The standard InChI is InChI=1S/C25H22I2O7S/c1-3-15(2)16-4-6-17(7-5-16)24(28)33-14-19-12-20(26)13-22(27)23(19)34-25(29)18-8-10-21(11-9-18)35(30,31)32/h4-13,15H,3,14H2,1-2H3,(H,30,31,32). The fraction of sp³-hybridized carbons (Fsp3) is 0.200. The number of hydrogen-bond acceptors (Lipinski definition) is 6. The molecule has 0 aliphatic heterocycles. The van der Waals surface area contributed by atoms with Crippen molar-refractivity contribution in [3.05, 3.63) is 90.1 Å². The van der Waals surface area contributed by atoms with Gasteiger partial charge >= 0.3 is 11.9 Å². The molecule has 3 aromatic rings. The molecule has 184 valence electrons. The van der Waals surface area contributed by atoms with Gasteiger partial charge in [-0.1, -0.05) is 26.0 Å². The van der Waals surface area contributed by atoms with E-state index in [0.717, 1.165) is 27.7 Å². The molecule has 0 aromatic heterocycles. The van der Waals surface area contributed by atoms with Gasteiger partial charge in [0, 0.05) is 9.13 Å². The number of rotatable bonds is 8. The summed E-state index contributed by atoms with van der Waals surface area (Å²) in [6.45, 7) is 4.12. The molecule has 7 nitrogen and oxygen atoms in total. The third kappa shape index (κ3) is 7.24. The van der Waals surface area contributed by atoms with Crippen molar-refractivity contribution in [2.75, 3.05) is 0 Å². The lowest BCUT2D eigenvalue weighted by molar-refractivity contribution is 0.0469. The minimum absolute atomic E-state index is 0.0936. The minimum Gasteiger partial charge on any atom is -0.457 e. The summed E-state index contributed by atoms with van der Waals surface area (Å²) in [5, 5.41) is 0. The molecule has 0 saturated carbocycles. The number of carbonyl (C=O) groups is 2. The van der Waals surface area contributed by atoms with E-state index in [1.807, 2.05) is 40.8 Å². The summed E-state index contributed by atoms with van der Waals surface area (Å²) in [6.07, 6.45) is 1.00. The third-order valence-corrected chi connectivity index (χ3v) is 7.65. The van der Waals surface area contributed by atoms with Gasteiger partial charge in [0.1, 0.15) is 6.61 Å². The number of esters is 2. The van der Waals surface area contributed by atoms with Crippen LogP contribution in [0.1, 0.15) is 58.0 Å². The fourth-order valence-corrected chi connectivity index (χ4v) is 5.72. The summed E-state index contributed by atoms with van der Waals surface area (Å²) in [4.78, 5) is 25.0. The van der Waals surface area contributed by atoms with Crippen LogP contribution in [0.4, 0.5) is 0 Å². The Morgan fingerprint density at radius 2 is 1.51 bits per heavy atom. The number of halogens is 2. The average molecular weight is 720 g/mol. The molecule has 0 spiro atoms. The molecular formula is C25H22I2O7S. The van der Waals surface area contributed by atoms with E-state index >= 15 is 0 Å². The van der Waals surface area contributed by atoms with Crippen LogP contribution < -0.4 is 4.74 Å². The topological polar surface area (TPSA) is 107 Å². The van der Waals surface area contributed by atoms with Crippen molar-refractivity contribution in [3.8, 4) is 5.75 Å². The molecule has 0 bridgehead atoms. The van der Waals surface area contributed by atoms with Gasteiger partial charge in [-0.15, -0.1) is 0 Å². The first-order chi connectivity index (χ1) is 16.5. The molecule has 0 aliphatic carbocycles. The Morgan fingerprint density at radius 3 is 2.09 bits per heavy atom. The van der Waals surface area contributed by atoms with Crippen molar-refractivity contribution in [1.29, 1.82) is 0 Å². The van der Waals surface area contributed by atoms with Gasteiger partial charge in [0.25, 0.3) is 10.1 Å². The van der Waals surface area contributed by atoms with E-state index in [1.54, 1.807) is 18.2 Å². The van der Waals surface area contributed by atoms with Crippen molar-refractivity contribution in [2.24, 2.45) is 0 Å². The van der Waals surface area contributed by atoms with Gasteiger partial charge in [-0.25, -0.2) is 9.59 Å². The molecule has 1 unspecified atom stereocenters. The van der Waals surface area contributed by atoms with Crippen molar-refractivity contribution in [3.63, 3.8) is 0 Å². The summed E-state index contributed by atoms with van der Waals surface area (Å²) in [5.41, 5.74) is 2.18. The quantitative estimate of drug-likeness (QED) is 0.127. The molecule has 1 N–H and O–H groups in total. The van der Waals surface area contributed by atoms with Crippen LogP contribution >= 0.6 is 45.2 Å². The van der Waals surface area contributed by atoms with Gasteiger partial charge in [0.05, 0.1) is 19.6 Å². The Bertz CT molecular complexity index is 1340. The lowest BCUT2D eigenvalue weighted by Gasteiger charge is -2.14. The molecule has 0 radical (unpaired) electrons. The molecule has 0 heterocycles. The monoisotopic (exact) mass is 720 g/mol. The first-order valence-corrected chi connectivity index (χ1v) is 14.1. The highest BCUT2D eigenvalue weighted by Gasteiger charge is 2.19. The second-order valence-electron chi connectivity index (χ2n) is 7.77. The zero-order valence-electron chi connectivity index (χ0n) is 18.8. The third-order valence-electron chi connectivity index (χ3n) is 5.35. The molecule has 1 atom stereocenters. The number of ether oxygens (including phenoxy) is 2. The second-order valence-corrected chi connectivity index (χ2v) is 11.6. The molecule has 0 fully saturated rings. The lowest BCUT2D eigenvalue weighted by Crippen LogP contribution is -2.13. The molecule has 0 amide bonds. The van der Waals surface area contributed by atoms with Gasteiger partial charge in [-0.05, 0) is 112 Å². The largest absolute Gasteiger partial charge is 0.457 e. The van der Waals surface area contributed by atoms with Crippen LogP contribution in [0.15, 0.2) is 65.6 Å². The molecule has 3 aromatic carbocycles. The van der Waals surface area contributed by atoms with Crippen LogP contribution in [-0.2, 0) is 21.5 Å². The van der Waals surface area contributed by atoms with E-state index in [0.29, 0.717) is 20.6 Å². The highest BCUT2D eigenvalue weighted by molar-refractivity contribution is 14.1. The minimum atomic E-state index is -4.37. The van der Waals surface area contributed by atoms with E-state index in [-0.39, 0.29) is 22.8 Å². The van der Waals surface area contributed by atoms with E-state index in [9.17, 15) is 18.0 Å². The van der Waals surface area contributed by atoms with E-state index < -0.39 is 22.1 Å². The maximum absolute atomic E-state index is 12.7. The Labute approximate surface area is 231 Å². The Hall–Kier alpha value is -2.03. The number of carbonyl (C=O) groups excluding carboxylic acids is 2. The van der Waals surface area contributed by atoms with Crippen LogP contribution in [0.25, 0.3) is 0 Å². The van der Waals surface area contributed by atoms with Crippen LogP contribution in [0.5, 0.6) is 5.75 Å². The van der Waals surface area contributed by atoms with Crippen LogP contribution in [-0.4, -0.2) is 24.9 Å². The maximum atomic E-state index is 12.7. The number of hydrogen-bond donors (Lipinski definition) is 1. The highest BCUT2D eigenvalue weighted by Crippen LogP contribution is 2.30. The normalized spacial score (nSPS) is 12.1. The highest BCUT2D eigenvalue weighted by atomic mass is 127. The average Bonchev–Trinajstić information content (AvgIpc) is 2.83. The van der Waals surface area contributed by atoms with Crippen LogP contribution in [0.3, 0.4) is 0 Å². The molecule has 10 heteroatoms. The van der Waals surface area contributed by atoms with E-state index in [2.05, 4.69) is 36.4 Å². The lowest BCUT2D eigenvalue weighted by atomic mass is 9.98. The summed E-state index contributed by atoms with van der Waals surface area (Å²) in [6, 6.07) is 15.6. The smallest absolute Gasteiger partial charge is 0.343 e. The van der Waals surface area contributed by atoms with Crippen molar-refractivity contribution >= 4 is 67.2 Å². The second kappa shape index (κ2) is 11.8. The molecule has 0 aliphatic rings. The molecule has 35 heavy (non-hydrogen) atoms. The first kappa shape index (κ1) is 27.6. The van der Waals surface area contributed by atoms with Crippen molar-refractivity contribution in [1.82, 2.24) is 0 Å². The van der Waals surface area contributed by atoms with Gasteiger partial charge in [0.15, 0.2) is 5.75 Å². The zero-order valence-corrected chi connectivity index (χ0v) is 24.0. The Morgan fingerprint density at radius 1 is 0.943 bits per heavy atom. The summed E-state index contributed by atoms with van der Waals surface area (Å²) >= 11 is 4.15. The van der Waals surface area contributed by atoms with Crippen LogP contribution in [0.2, 0.25) is 0 Å². The summed E-state index contributed by atoms with van der Waals surface area (Å²) < 4.78 is 44.1. The Kier molecular flexibility index (Phi) is 9.29. The predicted octanol–water partition coefficient (Wildman–Crippen LogP) is 6.23. The van der Waals surface area contributed by atoms with Gasteiger partial charge < -0.3 is 9.47 Å². The summed E-state index contributed by atoms with van der Waals surface area (Å²) in [5.74, 6) is -0.573. The van der Waals surface area contributed by atoms with E-state index in [4.69, 9.17) is 14.0 Å². The maximum Gasteiger partial charge on any atom is 0.343 e. The zero-order chi connectivity index (χ0) is 25.8. The number of benzene rings is 3. The molecular weight excluding hydrogens is 698 g/mol. The first-order valence-electron chi connectivity index (χ1n) is 10.5. The summed E-state index contributed by atoms with van der Waals surface area (Å²) in [7, 11) is -4.37. The molecule has 3 rings (SSSR count). The van der Waals surface area contributed by atoms with Crippen molar-refractivity contribution in [2.45, 2.75) is 37.7 Å². The van der Waals surface area contributed by atoms with Crippen LogP contribution in [0, 0.1) is 7.14 Å².